The SMILES string of the molecule is CN1C(=O)C=C[C@@]2(C)C1CC[C@@H]1[C@H]2CC[C@]2(C)C(O)C(=Cc3ccc(O)cc3)C[C@@H]12. The molecule has 1 aromatic carbocycles. The normalized spacial score (nSPS) is 44.0. The first-order valence-electron chi connectivity index (χ1n) is 11.4. The highest BCUT2D eigenvalue weighted by atomic mass is 16.3. The molecule has 0 saturated heterocycles. The predicted octanol–water partition coefficient (Wildman–Crippen LogP) is 4.39. The van der Waals surface area contributed by atoms with E-state index >= 15 is 0 Å². The van der Waals surface area contributed by atoms with Gasteiger partial charge in [-0.3, -0.25) is 4.79 Å². The lowest BCUT2D eigenvalue weighted by atomic mass is 9.48. The van der Waals surface area contributed by atoms with E-state index in [1.54, 1.807) is 18.2 Å². The molecule has 4 aliphatic rings. The van der Waals surface area contributed by atoms with Gasteiger partial charge in [0.25, 0.3) is 0 Å². The molecule has 0 radical (unpaired) electrons. The van der Waals surface area contributed by atoms with E-state index in [4.69, 9.17) is 0 Å². The van der Waals surface area contributed by atoms with Crippen LogP contribution in [-0.4, -0.2) is 40.2 Å². The Kier molecular flexibility index (Phi) is 4.45. The zero-order chi connectivity index (χ0) is 21.3. The topological polar surface area (TPSA) is 60.8 Å². The van der Waals surface area contributed by atoms with E-state index in [0.717, 1.165) is 43.2 Å². The molecule has 1 aliphatic heterocycles. The van der Waals surface area contributed by atoms with Crippen LogP contribution in [0.3, 0.4) is 0 Å². The van der Waals surface area contributed by atoms with Crippen LogP contribution in [0.2, 0.25) is 0 Å². The minimum Gasteiger partial charge on any atom is -0.508 e. The summed E-state index contributed by atoms with van der Waals surface area (Å²) in [5, 5.41) is 20.9. The molecule has 1 amide bonds. The van der Waals surface area contributed by atoms with Gasteiger partial charge in [-0.2, -0.15) is 0 Å². The molecule has 0 spiro atoms. The maximum absolute atomic E-state index is 12.2. The Balaban J connectivity index is 1.47. The number of fused-ring (bicyclic) bond motifs is 5. The number of hydrogen-bond acceptors (Lipinski definition) is 3. The molecule has 4 heteroatoms. The van der Waals surface area contributed by atoms with Gasteiger partial charge >= 0.3 is 0 Å². The second kappa shape index (κ2) is 6.71. The van der Waals surface area contributed by atoms with Crippen LogP contribution in [0.25, 0.3) is 6.08 Å². The zero-order valence-corrected chi connectivity index (χ0v) is 18.2. The molecule has 5 rings (SSSR count). The fourth-order valence-corrected chi connectivity index (χ4v) is 7.52. The number of aliphatic hydroxyl groups is 1. The molecule has 4 nitrogen and oxygen atoms in total. The number of hydrogen-bond donors (Lipinski definition) is 2. The number of benzene rings is 1. The van der Waals surface area contributed by atoms with Crippen LogP contribution in [-0.2, 0) is 4.79 Å². The molecule has 30 heavy (non-hydrogen) atoms. The Hall–Kier alpha value is -2.07. The first-order chi connectivity index (χ1) is 14.2. The molecule has 160 valence electrons. The van der Waals surface area contributed by atoms with E-state index in [1.807, 2.05) is 24.1 Å². The minimum absolute atomic E-state index is 0.0291. The summed E-state index contributed by atoms with van der Waals surface area (Å²) >= 11 is 0. The summed E-state index contributed by atoms with van der Waals surface area (Å²) in [6.07, 6.45) is 11.0. The molecule has 3 aliphatic carbocycles. The molecule has 1 heterocycles. The summed E-state index contributed by atoms with van der Waals surface area (Å²) in [6, 6.07) is 7.52. The fraction of sp³-hybridized carbons (Fsp3) is 0.577. The lowest BCUT2D eigenvalue weighted by molar-refractivity contribution is -0.140. The largest absolute Gasteiger partial charge is 0.508 e. The van der Waals surface area contributed by atoms with Crippen molar-refractivity contribution in [3.05, 3.63) is 47.6 Å². The first kappa shape index (κ1) is 19.9. The number of amides is 1. The van der Waals surface area contributed by atoms with Gasteiger partial charge in [0.1, 0.15) is 5.75 Å². The van der Waals surface area contributed by atoms with Gasteiger partial charge < -0.3 is 15.1 Å². The quantitative estimate of drug-likeness (QED) is 0.726. The monoisotopic (exact) mass is 407 g/mol. The third-order valence-electron chi connectivity index (χ3n) is 9.24. The Labute approximate surface area is 179 Å². The van der Waals surface area contributed by atoms with Crippen LogP contribution < -0.4 is 0 Å². The molecule has 3 fully saturated rings. The number of aromatic hydroxyl groups is 1. The molecular formula is C26H33NO3. The van der Waals surface area contributed by atoms with Crippen LogP contribution in [0.5, 0.6) is 5.75 Å². The van der Waals surface area contributed by atoms with Crippen molar-refractivity contribution in [2.75, 3.05) is 7.05 Å². The highest BCUT2D eigenvalue weighted by Gasteiger charge is 2.61. The second-order valence-electron chi connectivity index (χ2n) is 10.6. The lowest BCUT2D eigenvalue weighted by Crippen LogP contribution is -2.59. The van der Waals surface area contributed by atoms with Crippen molar-refractivity contribution in [1.82, 2.24) is 4.90 Å². The van der Waals surface area contributed by atoms with Crippen molar-refractivity contribution < 1.29 is 15.0 Å². The number of phenols is 1. The third kappa shape index (κ3) is 2.72. The maximum Gasteiger partial charge on any atom is 0.246 e. The molecule has 2 N–H and O–H groups in total. The summed E-state index contributed by atoms with van der Waals surface area (Å²) < 4.78 is 0. The number of aliphatic hydroxyl groups excluding tert-OH is 1. The van der Waals surface area contributed by atoms with Gasteiger partial charge in [-0.25, -0.2) is 0 Å². The molecule has 7 atom stereocenters. The van der Waals surface area contributed by atoms with Crippen LogP contribution in [0.1, 0.15) is 51.5 Å². The highest BCUT2D eigenvalue weighted by molar-refractivity contribution is 5.89. The van der Waals surface area contributed by atoms with Gasteiger partial charge in [-0.1, -0.05) is 38.1 Å². The van der Waals surface area contributed by atoms with Crippen molar-refractivity contribution in [3.8, 4) is 5.75 Å². The summed E-state index contributed by atoms with van der Waals surface area (Å²) in [5.41, 5.74) is 2.12. The lowest BCUT2D eigenvalue weighted by Gasteiger charge is -2.59. The van der Waals surface area contributed by atoms with Crippen molar-refractivity contribution in [1.29, 1.82) is 0 Å². The number of phenolic OH excluding ortho intramolecular Hbond substituents is 1. The first-order valence-corrected chi connectivity index (χ1v) is 11.4. The number of nitrogens with zero attached hydrogens (tertiary/aromatic N) is 1. The van der Waals surface area contributed by atoms with Gasteiger partial charge in [0.15, 0.2) is 0 Å². The van der Waals surface area contributed by atoms with Gasteiger partial charge in [-0.15, -0.1) is 0 Å². The zero-order valence-electron chi connectivity index (χ0n) is 18.2. The molecule has 2 unspecified atom stereocenters. The van der Waals surface area contributed by atoms with Crippen LogP contribution in [0.15, 0.2) is 42.0 Å². The van der Waals surface area contributed by atoms with Crippen LogP contribution >= 0.6 is 0 Å². The Morgan fingerprint density at radius 2 is 1.83 bits per heavy atom. The molecule has 1 aromatic rings. The van der Waals surface area contributed by atoms with E-state index in [9.17, 15) is 15.0 Å². The van der Waals surface area contributed by atoms with Gasteiger partial charge in [0.05, 0.1) is 6.10 Å². The Bertz CT molecular complexity index is 919. The van der Waals surface area contributed by atoms with E-state index in [2.05, 4.69) is 26.0 Å². The van der Waals surface area contributed by atoms with E-state index < -0.39 is 6.10 Å². The van der Waals surface area contributed by atoms with E-state index in [1.165, 1.54) is 0 Å². The number of rotatable bonds is 1. The molecule has 0 aromatic heterocycles. The average Bonchev–Trinajstić information content (AvgIpc) is 2.98. The fourth-order valence-electron chi connectivity index (χ4n) is 7.52. The van der Waals surface area contributed by atoms with Gasteiger partial charge in [0.2, 0.25) is 5.91 Å². The van der Waals surface area contributed by atoms with Crippen LogP contribution in [0, 0.1) is 28.6 Å². The predicted molar refractivity (Wildman–Crippen MR) is 118 cm³/mol. The highest BCUT2D eigenvalue weighted by Crippen LogP contribution is 2.64. The minimum atomic E-state index is -0.408. The van der Waals surface area contributed by atoms with E-state index in [0.29, 0.717) is 23.8 Å². The molecule has 0 bridgehead atoms. The number of likely N-dealkylation sites (N-methyl/N-ethyl adjacent to an activating group) is 1. The van der Waals surface area contributed by atoms with Crippen molar-refractivity contribution in [3.63, 3.8) is 0 Å². The number of carbonyl (C=O) groups is 1. The number of carbonyl (C=O) groups excluding carboxylic acids is 1. The molecule has 3 saturated carbocycles. The van der Waals surface area contributed by atoms with Crippen molar-refractivity contribution in [2.24, 2.45) is 28.6 Å². The van der Waals surface area contributed by atoms with Gasteiger partial charge in [-0.05, 0) is 79.2 Å². The smallest absolute Gasteiger partial charge is 0.246 e. The molecular weight excluding hydrogens is 374 g/mol. The van der Waals surface area contributed by atoms with E-state index in [-0.39, 0.29) is 22.5 Å². The Morgan fingerprint density at radius 1 is 1.10 bits per heavy atom. The Morgan fingerprint density at radius 3 is 2.57 bits per heavy atom. The summed E-state index contributed by atoms with van der Waals surface area (Å²) in [6.45, 7) is 4.65. The maximum atomic E-state index is 12.2. The standard InChI is InChI=1S/C26H33NO3/c1-25-13-11-23(29)27(3)22(25)9-8-19-20(25)10-12-26(2)21(19)15-17(24(26)30)14-16-4-6-18(28)7-5-16/h4-7,11,13-14,19-22,24,28,30H,8-10,12,15H2,1-3H3/t19-,20-,21+,22?,24?,25-,26+/m1/s1. The van der Waals surface area contributed by atoms with Crippen LogP contribution in [0.4, 0.5) is 0 Å². The average molecular weight is 408 g/mol. The van der Waals surface area contributed by atoms with Gasteiger partial charge in [0, 0.05) is 23.9 Å². The third-order valence-corrected chi connectivity index (χ3v) is 9.24. The summed E-state index contributed by atoms with van der Waals surface area (Å²) in [4.78, 5) is 14.2. The van der Waals surface area contributed by atoms with Crippen molar-refractivity contribution >= 4 is 12.0 Å². The summed E-state index contributed by atoms with van der Waals surface area (Å²) in [7, 11) is 1.96. The second-order valence-corrected chi connectivity index (χ2v) is 10.6. The van der Waals surface area contributed by atoms with Crippen molar-refractivity contribution in [2.45, 2.75) is 58.1 Å². The summed E-state index contributed by atoms with van der Waals surface area (Å²) in [5.74, 6) is 2.01.